The molecule has 1 saturated carbocycles. The molecule has 0 amide bonds. The molecule has 1 atom stereocenters. The smallest absolute Gasteiger partial charge is 0.241 e. The third-order valence-electron chi connectivity index (χ3n) is 4.96. The number of aryl methyl sites for hydroxylation is 1. The van der Waals surface area contributed by atoms with Crippen molar-refractivity contribution in [1.29, 1.82) is 0 Å². The van der Waals surface area contributed by atoms with E-state index in [4.69, 9.17) is 0 Å². The summed E-state index contributed by atoms with van der Waals surface area (Å²) in [7, 11) is 0. The Hall–Kier alpha value is -2.96. The van der Waals surface area contributed by atoms with Gasteiger partial charge in [0.25, 0.3) is 0 Å². The molecule has 4 aromatic rings. The van der Waals surface area contributed by atoms with Crippen molar-refractivity contribution in [2.75, 3.05) is 5.32 Å². The summed E-state index contributed by atoms with van der Waals surface area (Å²) in [6, 6.07) is 2.47. The van der Waals surface area contributed by atoms with Crippen LogP contribution in [0.5, 0.6) is 0 Å². The summed E-state index contributed by atoms with van der Waals surface area (Å²) >= 11 is 0. The molecule has 0 radical (unpaired) electrons. The Balaban J connectivity index is 1.53. The summed E-state index contributed by atoms with van der Waals surface area (Å²) in [5.74, 6) is 2.14. The topological polar surface area (TPSA) is 72.4 Å². The van der Waals surface area contributed by atoms with Crippen molar-refractivity contribution in [3.05, 3.63) is 42.7 Å². The van der Waals surface area contributed by atoms with Crippen LogP contribution in [0, 0.1) is 12.8 Å². The fourth-order valence-corrected chi connectivity index (χ4v) is 3.26. The zero-order valence-electron chi connectivity index (χ0n) is 14.2. The minimum absolute atomic E-state index is 0.420. The Bertz CT molecular complexity index is 1070. The monoisotopic (exact) mass is 333 g/mol. The van der Waals surface area contributed by atoms with Crippen LogP contribution in [-0.4, -0.2) is 35.0 Å². The first-order chi connectivity index (χ1) is 12.2. The summed E-state index contributed by atoms with van der Waals surface area (Å²) in [4.78, 5) is 13.2. The van der Waals surface area contributed by atoms with Crippen LogP contribution in [0.3, 0.4) is 0 Å². The SMILES string of the molecule is Cc1cnc2ncc(-c3ccn4nc(NC(C)C5CC5)ncc34)cn12. The number of hydrogen-bond acceptors (Lipinski definition) is 5. The highest BCUT2D eigenvalue weighted by molar-refractivity contribution is 5.79. The van der Waals surface area contributed by atoms with Gasteiger partial charge in [-0.3, -0.25) is 4.40 Å². The number of imidazole rings is 1. The maximum Gasteiger partial charge on any atom is 0.241 e. The summed E-state index contributed by atoms with van der Waals surface area (Å²) in [5, 5.41) is 8.00. The highest BCUT2D eigenvalue weighted by atomic mass is 15.3. The quantitative estimate of drug-likeness (QED) is 0.621. The predicted molar refractivity (Wildman–Crippen MR) is 95.5 cm³/mol. The van der Waals surface area contributed by atoms with E-state index in [-0.39, 0.29) is 0 Å². The molecule has 0 saturated heterocycles. The Morgan fingerprint density at radius 1 is 1.16 bits per heavy atom. The molecule has 1 aliphatic rings. The molecule has 4 heterocycles. The zero-order valence-corrected chi connectivity index (χ0v) is 14.2. The lowest BCUT2D eigenvalue weighted by Gasteiger charge is -2.12. The van der Waals surface area contributed by atoms with Crippen LogP contribution in [0.15, 0.2) is 37.1 Å². The van der Waals surface area contributed by atoms with Gasteiger partial charge in [-0.2, -0.15) is 0 Å². The van der Waals surface area contributed by atoms with E-state index in [9.17, 15) is 0 Å². The van der Waals surface area contributed by atoms with Crippen molar-refractivity contribution in [1.82, 2.24) is 29.0 Å². The van der Waals surface area contributed by atoms with Gasteiger partial charge in [-0.1, -0.05) is 0 Å². The fraction of sp³-hybridized carbons (Fsp3) is 0.333. The molecule has 7 heteroatoms. The van der Waals surface area contributed by atoms with E-state index < -0.39 is 0 Å². The summed E-state index contributed by atoms with van der Waals surface area (Å²) in [5.41, 5.74) is 4.10. The number of nitrogens with one attached hydrogen (secondary N) is 1. The van der Waals surface area contributed by atoms with Gasteiger partial charge in [-0.15, -0.1) is 5.10 Å². The van der Waals surface area contributed by atoms with Gasteiger partial charge in [0.15, 0.2) is 0 Å². The molecule has 5 rings (SSSR count). The van der Waals surface area contributed by atoms with Gasteiger partial charge in [-0.25, -0.2) is 19.5 Å². The minimum Gasteiger partial charge on any atom is -0.350 e. The van der Waals surface area contributed by atoms with E-state index in [1.54, 1.807) is 0 Å². The van der Waals surface area contributed by atoms with E-state index in [0.29, 0.717) is 17.8 Å². The van der Waals surface area contributed by atoms with Crippen LogP contribution in [0.4, 0.5) is 5.95 Å². The van der Waals surface area contributed by atoms with Gasteiger partial charge < -0.3 is 5.32 Å². The second-order valence-electron chi connectivity index (χ2n) is 6.82. The number of anilines is 1. The van der Waals surface area contributed by atoms with Crippen LogP contribution in [-0.2, 0) is 0 Å². The average molecular weight is 333 g/mol. The Morgan fingerprint density at radius 3 is 2.84 bits per heavy atom. The largest absolute Gasteiger partial charge is 0.350 e. The van der Waals surface area contributed by atoms with Gasteiger partial charge in [0, 0.05) is 41.5 Å². The molecule has 7 nitrogen and oxygen atoms in total. The maximum atomic E-state index is 4.60. The molecule has 4 aromatic heterocycles. The minimum atomic E-state index is 0.420. The molecule has 0 aromatic carbocycles. The van der Waals surface area contributed by atoms with E-state index in [0.717, 1.165) is 28.3 Å². The second-order valence-corrected chi connectivity index (χ2v) is 6.82. The van der Waals surface area contributed by atoms with Crippen molar-refractivity contribution in [2.24, 2.45) is 5.92 Å². The van der Waals surface area contributed by atoms with E-state index in [1.165, 1.54) is 12.8 Å². The molecule has 1 unspecified atom stereocenters. The van der Waals surface area contributed by atoms with E-state index in [1.807, 2.05) is 46.7 Å². The molecule has 126 valence electrons. The molecule has 1 aliphatic carbocycles. The average Bonchev–Trinajstić information content (AvgIpc) is 3.30. The van der Waals surface area contributed by atoms with Crippen LogP contribution < -0.4 is 5.32 Å². The summed E-state index contributed by atoms with van der Waals surface area (Å²) in [6.07, 6.45) is 12.2. The van der Waals surface area contributed by atoms with Crippen LogP contribution >= 0.6 is 0 Å². The van der Waals surface area contributed by atoms with Crippen molar-refractivity contribution >= 4 is 17.2 Å². The van der Waals surface area contributed by atoms with Crippen molar-refractivity contribution < 1.29 is 0 Å². The first kappa shape index (κ1) is 14.4. The van der Waals surface area contributed by atoms with Crippen LogP contribution in [0.25, 0.3) is 22.4 Å². The van der Waals surface area contributed by atoms with E-state index in [2.05, 4.69) is 38.5 Å². The van der Waals surface area contributed by atoms with Gasteiger partial charge in [0.05, 0.1) is 17.9 Å². The summed E-state index contributed by atoms with van der Waals surface area (Å²) in [6.45, 7) is 4.21. The Kier molecular flexibility index (Phi) is 3.03. The second kappa shape index (κ2) is 5.27. The highest BCUT2D eigenvalue weighted by Gasteiger charge is 2.28. The third-order valence-corrected chi connectivity index (χ3v) is 4.96. The third kappa shape index (κ3) is 2.43. The molecular weight excluding hydrogens is 314 g/mol. The molecular formula is C18H19N7. The first-order valence-electron chi connectivity index (χ1n) is 8.60. The molecule has 0 spiro atoms. The number of fused-ring (bicyclic) bond motifs is 2. The zero-order chi connectivity index (χ0) is 17.0. The number of hydrogen-bond donors (Lipinski definition) is 1. The lowest BCUT2D eigenvalue weighted by Crippen LogP contribution is -2.19. The maximum absolute atomic E-state index is 4.60. The fourth-order valence-electron chi connectivity index (χ4n) is 3.26. The predicted octanol–water partition coefficient (Wildman–Crippen LogP) is 2.96. The van der Waals surface area contributed by atoms with Crippen molar-refractivity contribution in [2.45, 2.75) is 32.7 Å². The Labute approximate surface area is 144 Å². The molecule has 0 aliphatic heterocycles. The Morgan fingerprint density at radius 2 is 2.00 bits per heavy atom. The molecule has 1 fully saturated rings. The molecule has 0 bridgehead atoms. The van der Waals surface area contributed by atoms with Gasteiger partial charge >= 0.3 is 0 Å². The number of nitrogens with zero attached hydrogens (tertiary/aromatic N) is 6. The van der Waals surface area contributed by atoms with Crippen molar-refractivity contribution in [3.8, 4) is 11.1 Å². The standard InChI is InChI=1S/C18H19N7/c1-11-7-20-18-21-8-14(10-24(11)18)15-5-6-25-16(15)9-19-17(23-25)22-12(2)13-3-4-13/h5-10,12-13H,3-4H2,1-2H3,(H,22,23). The van der Waals surface area contributed by atoms with Crippen LogP contribution in [0.2, 0.25) is 0 Å². The normalized spacial score (nSPS) is 15.8. The number of rotatable bonds is 4. The lowest BCUT2D eigenvalue weighted by molar-refractivity contribution is 0.681. The number of aromatic nitrogens is 6. The molecule has 25 heavy (non-hydrogen) atoms. The van der Waals surface area contributed by atoms with Crippen molar-refractivity contribution in [3.63, 3.8) is 0 Å². The van der Waals surface area contributed by atoms with Gasteiger partial charge in [-0.05, 0) is 38.7 Å². The molecule has 1 N–H and O–H groups in total. The van der Waals surface area contributed by atoms with Gasteiger partial charge in [0.2, 0.25) is 11.7 Å². The summed E-state index contributed by atoms with van der Waals surface area (Å²) < 4.78 is 3.86. The highest BCUT2D eigenvalue weighted by Crippen LogP contribution is 2.33. The van der Waals surface area contributed by atoms with Crippen LogP contribution in [0.1, 0.15) is 25.5 Å². The van der Waals surface area contributed by atoms with Gasteiger partial charge in [0.1, 0.15) is 0 Å². The lowest BCUT2D eigenvalue weighted by atomic mass is 10.1. The first-order valence-corrected chi connectivity index (χ1v) is 8.60. The van der Waals surface area contributed by atoms with E-state index >= 15 is 0 Å².